The fourth-order valence-electron chi connectivity index (χ4n) is 1.92. The Kier molecular flexibility index (Phi) is 4.58. The molecular weight excluding hydrogens is 315 g/mol. The summed E-state index contributed by atoms with van der Waals surface area (Å²) < 4.78 is 13.5. The van der Waals surface area contributed by atoms with E-state index in [1.54, 1.807) is 30.3 Å². The number of amides is 1. The second kappa shape index (κ2) is 6.97. The monoisotopic (exact) mass is 328 g/mol. The maximum absolute atomic E-state index is 13.5. The van der Waals surface area contributed by atoms with Crippen molar-refractivity contribution in [2.45, 2.75) is 6.42 Å². The lowest BCUT2D eigenvalue weighted by Gasteiger charge is -2.07. The number of aromatic nitrogens is 2. The second-order valence-corrected chi connectivity index (χ2v) is 5.75. The predicted molar refractivity (Wildman–Crippen MR) is 88.4 cm³/mol. The van der Waals surface area contributed by atoms with Gasteiger partial charge < -0.3 is 10.6 Å². The Morgan fingerprint density at radius 2 is 1.83 bits per heavy atom. The van der Waals surface area contributed by atoms with Gasteiger partial charge in [0.1, 0.15) is 5.82 Å². The number of thiophene rings is 1. The minimum absolute atomic E-state index is 0.156. The zero-order chi connectivity index (χ0) is 16.1. The van der Waals surface area contributed by atoms with E-state index in [0.717, 1.165) is 4.88 Å². The number of carbonyl (C=O) groups is 1. The summed E-state index contributed by atoms with van der Waals surface area (Å²) in [6.45, 7) is 0. The first-order chi connectivity index (χ1) is 11.2. The molecule has 0 aliphatic rings. The summed E-state index contributed by atoms with van der Waals surface area (Å²) in [6, 6.07) is 13.3. The molecule has 3 rings (SSSR count). The van der Waals surface area contributed by atoms with Crippen molar-refractivity contribution in [2.24, 2.45) is 0 Å². The molecule has 0 saturated carbocycles. The molecule has 0 spiro atoms. The van der Waals surface area contributed by atoms with Gasteiger partial charge in [0.2, 0.25) is 5.91 Å². The van der Waals surface area contributed by atoms with E-state index in [4.69, 9.17) is 0 Å². The summed E-state index contributed by atoms with van der Waals surface area (Å²) in [6.07, 6.45) is 0.300. The first kappa shape index (κ1) is 15.1. The highest BCUT2D eigenvalue weighted by Crippen LogP contribution is 2.18. The van der Waals surface area contributed by atoms with Crippen LogP contribution in [-0.2, 0) is 11.2 Å². The van der Waals surface area contributed by atoms with Gasteiger partial charge in [-0.3, -0.25) is 4.79 Å². The molecule has 0 unspecified atom stereocenters. The van der Waals surface area contributed by atoms with Crippen LogP contribution in [0.3, 0.4) is 0 Å². The van der Waals surface area contributed by atoms with Gasteiger partial charge in [0.05, 0.1) is 12.1 Å². The second-order valence-electron chi connectivity index (χ2n) is 4.71. The van der Waals surface area contributed by atoms with E-state index in [9.17, 15) is 9.18 Å². The third-order valence-corrected chi connectivity index (χ3v) is 3.86. The fraction of sp³-hybridized carbons (Fsp3) is 0.0625. The van der Waals surface area contributed by atoms with Crippen molar-refractivity contribution in [3.05, 3.63) is 64.6 Å². The SMILES string of the molecule is O=C(Cc1cccs1)Nc1ccc(Nc2ccccc2F)nn1. The largest absolute Gasteiger partial charge is 0.336 e. The van der Waals surface area contributed by atoms with E-state index in [2.05, 4.69) is 20.8 Å². The average molecular weight is 328 g/mol. The van der Waals surface area contributed by atoms with Gasteiger partial charge in [-0.05, 0) is 35.7 Å². The van der Waals surface area contributed by atoms with Gasteiger partial charge in [0, 0.05) is 4.88 Å². The van der Waals surface area contributed by atoms with Crippen molar-refractivity contribution < 1.29 is 9.18 Å². The third-order valence-electron chi connectivity index (χ3n) is 2.98. The standard InChI is InChI=1S/C16H13FN4OS/c17-12-5-1-2-6-13(12)18-14-7-8-15(21-20-14)19-16(22)10-11-4-3-9-23-11/h1-9H,10H2,(H,18,20)(H,19,21,22). The molecule has 5 nitrogen and oxygen atoms in total. The highest BCUT2D eigenvalue weighted by atomic mass is 32.1. The van der Waals surface area contributed by atoms with E-state index in [-0.39, 0.29) is 11.7 Å². The van der Waals surface area contributed by atoms with Crippen LogP contribution in [0.4, 0.5) is 21.7 Å². The van der Waals surface area contributed by atoms with Crippen LogP contribution < -0.4 is 10.6 Å². The molecule has 0 atom stereocenters. The van der Waals surface area contributed by atoms with Crippen LogP contribution in [0.5, 0.6) is 0 Å². The molecule has 0 saturated heterocycles. The van der Waals surface area contributed by atoms with Crippen LogP contribution in [0.15, 0.2) is 53.9 Å². The van der Waals surface area contributed by atoms with E-state index in [1.165, 1.54) is 17.4 Å². The molecule has 116 valence electrons. The minimum Gasteiger partial charge on any atom is -0.336 e. The number of nitrogens with one attached hydrogen (secondary N) is 2. The van der Waals surface area contributed by atoms with Gasteiger partial charge in [0.15, 0.2) is 11.6 Å². The number of anilines is 3. The van der Waals surface area contributed by atoms with Crippen LogP contribution >= 0.6 is 11.3 Å². The Bertz CT molecular complexity index is 790. The molecule has 23 heavy (non-hydrogen) atoms. The molecule has 2 N–H and O–H groups in total. The summed E-state index contributed by atoms with van der Waals surface area (Å²) in [5, 5.41) is 15.3. The molecule has 3 aromatic rings. The first-order valence-corrected chi connectivity index (χ1v) is 7.76. The number of halogens is 1. The first-order valence-electron chi connectivity index (χ1n) is 6.88. The highest BCUT2D eigenvalue weighted by molar-refractivity contribution is 7.10. The van der Waals surface area contributed by atoms with Crippen LogP contribution in [0, 0.1) is 5.82 Å². The molecule has 0 bridgehead atoms. The zero-order valence-corrected chi connectivity index (χ0v) is 12.8. The Labute approximate surface area is 136 Å². The lowest BCUT2D eigenvalue weighted by Crippen LogP contribution is -2.15. The van der Waals surface area contributed by atoms with Crippen molar-refractivity contribution in [1.29, 1.82) is 0 Å². The molecular formula is C16H13FN4OS. The Hall–Kier alpha value is -2.80. The topological polar surface area (TPSA) is 66.9 Å². The van der Waals surface area contributed by atoms with Crippen molar-refractivity contribution >= 4 is 34.6 Å². The average Bonchev–Trinajstić information content (AvgIpc) is 3.04. The van der Waals surface area contributed by atoms with Gasteiger partial charge in [-0.2, -0.15) is 0 Å². The normalized spacial score (nSPS) is 10.3. The van der Waals surface area contributed by atoms with Crippen molar-refractivity contribution in [2.75, 3.05) is 10.6 Å². The van der Waals surface area contributed by atoms with Gasteiger partial charge >= 0.3 is 0 Å². The van der Waals surface area contributed by atoms with Gasteiger partial charge in [0.25, 0.3) is 0 Å². The van der Waals surface area contributed by atoms with E-state index >= 15 is 0 Å². The van der Waals surface area contributed by atoms with Crippen LogP contribution in [-0.4, -0.2) is 16.1 Å². The maximum Gasteiger partial charge on any atom is 0.230 e. The van der Waals surface area contributed by atoms with Gasteiger partial charge in [-0.1, -0.05) is 18.2 Å². The molecule has 1 amide bonds. The number of hydrogen-bond acceptors (Lipinski definition) is 5. The molecule has 0 radical (unpaired) electrons. The summed E-state index contributed by atoms with van der Waals surface area (Å²) in [4.78, 5) is 12.8. The smallest absolute Gasteiger partial charge is 0.230 e. The van der Waals surface area contributed by atoms with Crippen molar-refractivity contribution in [3.8, 4) is 0 Å². The Morgan fingerprint density at radius 3 is 2.52 bits per heavy atom. The predicted octanol–water partition coefficient (Wildman–Crippen LogP) is 3.60. The van der Waals surface area contributed by atoms with Crippen LogP contribution in [0.1, 0.15) is 4.88 Å². The lowest BCUT2D eigenvalue weighted by molar-refractivity contribution is -0.115. The van der Waals surface area contributed by atoms with E-state index in [1.807, 2.05) is 17.5 Å². The summed E-state index contributed by atoms with van der Waals surface area (Å²) in [7, 11) is 0. The summed E-state index contributed by atoms with van der Waals surface area (Å²) in [5.41, 5.74) is 0.316. The number of para-hydroxylation sites is 1. The summed E-state index contributed by atoms with van der Waals surface area (Å²) in [5.74, 6) is 0.219. The number of benzene rings is 1. The van der Waals surface area contributed by atoms with Crippen molar-refractivity contribution in [3.63, 3.8) is 0 Å². The molecule has 0 aliphatic heterocycles. The quantitative estimate of drug-likeness (QED) is 0.751. The van der Waals surface area contributed by atoms with E-state index in [0.29, 0.717) is 23.7 Å². The highest BCUT2D eigenvalue weighted by Gasteiger charge is 2.07. The maximum atomic E-state index is 13.5. The lowest BCUT2D eigenvalue weighted by atomic mass is 10.3. The molecule has 2 aromatic heterocycles. The Morgan fingerprint density at radius 1 is 1.04 bits per heavy atom. The van der Waals surface area contributed by atoms with Gasteiger partial charge in [-0.15, -0.1) is 21.5 Å². The number of rotatable bonds is 5. The molecule has 0 fully saturated rings. The Balaban J connectivity index is 1.61. The molecule has 2 heterocycles. The van der Waals surface area contributed by atoms with Crippen molar-refractivity contribution in [1.82, 2.24) is 10.2 Å². The zero-order valence-electron chi connectivity index (χ0n) is 12.0. The number of carbonyl (C=O) groups excluding carboxylic acids is 1. The fourth-order valence-corrected chi connectivity index (χ4v) is 2.63. The molecule has 1 aromatic carbocycles. The van der Waals surface area contributed by atoms with E-state index < -0.39 is 0 Å². The number of nitrogens with zero attached hydrogens (tertiary/aromatic N) is 2. The van der Waals surface area contributed by atoms with Crippen LogP contribution in [0.25, 0.3) is 0 Å². The third kappa shape index (κ3) is 4.10. The summed E-state index contributed by atoms with van der Waals surface area (Å²) >= 11 is 1.52. The minimum atomic E-state index is -0.373. The number of hydrogen-bond donors (Lipinski definition) is 2. The van der Waals surface area contributed by atoms with Gasteiger partial charge in [-0.25, -0.2) is 4.39 Å². The van der Waals surface area contributed by atoms with Crippen LogP contribution in [0.2, 0.25) is 0 Å². The molecule has 0 aliphatic carbocycles. The molecule has 7 heteroatoms.